The number of benzene rings is 1. The molecular weight excluding hydrogens is 365 g/mol. The van der Waals surface area contributed by atoms with Gasteiger partial charge < -0.3 is 15.6 Å². The monoisotopic (exact) mass is 385 g/mol. The third kappa shape index (κ3) is 3.65. The molecule has 1 aromatic carbocycles. The molecule has 104 valence electrons. The van der Waals surface area contributed by atoms with Gasteiger partial charge in [-0.1, -0.05) is 20.8 Å². The number of ether oxygens (including phenoxy) is 1. The van der Waals surface area contributed by atoms with Gasteiger partial charge in [0.1, 0.15) is 11.5 Å². The average molecular weight is 386 g/mol. The fourth-order valence-corrected chi connectivity index (χ4v) is 2.47. The molecule has 3 N–H and O–H groups in total. The van der Waals surface area contributed by atoms with Gasteiger partial charge in [0, 0.05) is 17.7 Å². The van der Waals surface area contributed by atoms with Crippen molar-refractivity contribution < 1.29 is 9.84 Å². The molecule has 0 aliphatic carbocycles. The van der Waals surface area contributed by atoms with Crippen molar-refractivity contribution in [3.05, 3.63) is 20.8 Å². The van der Waals surface area contributed by atoms with E-state index in [4.69, 9.17) is 10.5 Å². The van der Waals surface area contributed by atoms with Crippen molar-refractivity contribution in [1.29, 1.82) is 0 Å². The molecule has 0 spiro atoms. The van der Waals surface area contributed by atoms with Gasteiger partial charge >= 0.3 is 0 Å². The number of hydrogen-bond acceptors (Lipinski definition) is 3. The normalized spacial score (nSPS) is 11.0. The summed E-state index contributed by atoms with van der Waals surface area (Å²) in [5.41, 5.74) is 7.46. The Kier molecular flexibility index (Phi) is 6.74. The smallest absolute Gasteiger partial charge is 0.140 e. The molecule has 0 saturated carbocycles. The Morgan fingerprint density at radius 3 is 2.33 bits per heavy atom. The van der Waals surface area contributed by atoms with Gasteiger partial charge in [0.2, 0.25) is 0 Å². The van der Waals surface area contributed by atoms with E-state index in [-0.39, 0.29) is 23.6 Å². The van der Waals surface area contributed by atoms with Crippen molar-refractivity contribution in [3.8, 4) is 11.5 Å². The molecule has 5 heteroatoms. The first-order valence-electron chi connectivity index (χ1n) is 5.70. The van der Waals surface area contributed by atoms with Crippen molar-refractivity contribution in [1.82, 2.24) is 0 Å². The lowest BCUT2D eigenvalue weighted by atomic mass is 9.85. The Balaban J connectivity index is 0.00000289. The number of phenolic OH excluding ortho intramolecular Hbond substituents is 1. The molecule has 0 aliphatic heterocycles. The van der Waals surface area contributed by atoms with Crippen molar-refractivity contribution in [2.24, 2.45) is 5.73 Å². The quantitative estimate of drug-likeness (QED) is 0.782. The number of nitrogens with two attached hydrogens (primary N) is 1. The van der Waals surface area contributed by atoms with Crippen LogP contribution in [0.5, 0.6) is 11.5 Å². The van der Waals surface area contributed by atoms with Crippen molar-refractivity contribution in [2.45, 2.75) is 39.7 Å². The molecule has 3 nitrogen and oxygen atoms in total. The summed E-state index contributed by atoms with van der Waals surface area (Å²) in [4.78, 5) is 0. The van der Waals surface area contributed by atoms with Gasteiger partial charge in [-0.3, -0.25) is 0 Å². The largest absolute Gasteiger partial charge is 0.506 e. The van der Waals surface area contributed by atoms with Crippen molar-refractivity contribution >= 4 is 35.0 Å². The van der Waals surface area contributed by atoms with Crippen LogP contribution in [0.2, 0.25) is 0 Å². The Morgan fingerprint density at radius 1 is 1.39 bits per heavy atom. The van der Waals surface area contributed by atoms with Gasteiger partial charge in [-0.2, -0.15) is 0 Å². The van der Waals surface area contributed by atoms with E-state index in [0.29, 0.717) is 13.2 Å². The summed E-state index contributed by atoms with van der Waals surface area (Å²) in [5.74, 6) is 1.01. The predicted molar refractivity (Wildman–Crippen MR) is 85.8 cm³/mol. The maximum Gasteiger partial charge on any atom is 0.140 e. The van der Waals surface area contributed by atoms with Crippen LogP contribution in [0.3, 0.4) is 0 Å². The van der Waals surface area contributed by atoms with Crippen LogP contribution in [0, 0.1) is 3.57 Å². The highest BCUT2D eigenvalue weighted by Gasteiger charge is 2.24. The molecule has 0 aromatic heterocycles. The summed E-state index contributed by atoms with van der Waals surface area (Å²) in [5, 5.41) is 10.0. The van der Waals surface area contributed by atoms with Gasteiger partial charge in [-0.05, 0) is 41.0 Å². The van der Waals surface area contributed by atoms with Gasteiger partial charge in [0.05, 0.1) is 10.2 Å². The average Bonchev–Trinajstić information content (AvgIpc) is 2.24. The highest BCUT2D eigenvalue weighted by molar-refractivity contribution is 14.1. The lowest BCUT2D eigenvalue weighted by Crippen LogP contribution is -2.16. The Labute approximate surface area is 129 Å². The van der Waals surface area contributed by atoms with E-state index in [0.717, 1.165) is 20.4 Å². The molecule has 0 saturated heterocycles. The summed E-state index contributed by atoms with van der Waals surface area (Å²) in [6, 6.07) is 1.95. The maximum atomic E-state index is 10.0. The van der Waals surface area contributed by atoms with Crippen LogP contribution in [0.1, 0.15) is 38.8 Å². The molecule has 0 amide bonds. The molecule has 0 radical (unpaired) electrons. The molecule has 0 bridgehead atoms. The molecule has 0 atom stereocenters. The minimum absolute atomic E-state index is 0. The summed E-state index contributed by atoms with van der Waals surface area (Å²) in [6.07, 6.45) is 0. The van der Waals surface area contributed by atoms with E-state index in [2.05, 4.69) is 43.4 Å². The Hall–Kier alpha value is -0.200. The highest BCUT2D eigenvalue weighted by atomic mass is 127. The van der Waals surface area contributed by atoms with Gasteiger partial charge in [-0.25, -0.2) is 0 Å². The summed E-state index contributed by atoms with van der Waals surface area (Å²) in [7, 11) is 0. The first-order valence-corrected chi connectivity index (χ1v) is 6.78. The van der Waals surface area contributed by atoms with Gasteiger partial charge in [0.15, 0.2) is 0 Å². The Morgan fingerprint density at radius 2 is 1.94 bits per heavy atom. The van der Waals surface area contributed by atoms with E-state index >= 15 is 0 Å². The minimum Gasteiger partial charge on any atom is -0.506 e. The van der Waals surface area contributed by atoms with Crippen LogP contribution in [-0.4, -0.2) is 11.7 Å². The van der Waals surface area contributed by atoms with Crippen LogP contribution in [0.25, 0.3) is 0 Å². The summed E-state index contributed by atoms with van der Waals surface area (Å²) < 4.78 is 6.41. The molecule has 1 aromatic rings. The molecule has 18 heavy (non-hydrogen) atoms. The number of phenols is 1. The zero-order valence-corrected chi connectivity index (χ0v) is 14.2. The molecule has 0 unspecified atom stereocenters. The number of halogens is 2. The first kappa shape index (κ1) is 17.8. The second-order valence-corrected chi connectivity index (χ2v) is 6.04. The summed E-state index contributed by atoms with van der Waals surface area (Å²) >= 11 is 2.11. The fraction of sp³-hybridized carbons (Fsp3) is 0.538. The molecular formula is C13H21ClINO2. The van der Waals surface area contributed by atoms with Crippen LogP contribution in [0.4, 0.5) is 0 Å². The van der Waals surface area contributed by atoms with Gasteiger partial charge in [-0.15, -0.1) is 12.4 Å². The predicted octanol–water partition coefficient (Wildman–Crippen LogP) is 3.57. The molecule has 1 rings (SSSR count). The van der Waals surface area contributed by atoms with Crippen LogP contribution < -0.4 is 10.5 Å². The first-order chi connectivity index (χ1) is 7.82. The second kappa shape index (κ2) is 6.82. The third-order valence-electron chi connectivity index (χ3n) is 2.59. The van der Waals surface area contributed by atoms with E-state index in [9.17, 15) is 5.11 Å². The number of hydrogen-bond donors (Lipinski definition) is 2. The summed E-state index contributed by atoms with van der Waals surface area (Å²) in [6.45, 7) is 9.23. The maximum absolute atomic E-state index is 10.0. The minimum atomic E-state index is -0.0396. The number of aromatic hydroxyl groups is 1. The van der Waals surface area contributed by atoms with E-state index in [1.807, 2.05) is 13.0 Å². The topological polar surface area (TPSA) is 55.5 Å². The lowest BCUT2D eigenvalue weighted by molar-refractivity contribution is 0.323. The molecule has 0 aliphatic rings. The standard InChI is InChI=1S/C13H20INO2.ClH/c1-5-17-12-9(13(2,3)4)6-8(7-15)11(16)10(12)14;/h6,16H,5,7,15H2,1-4H3;1H. The fourth-order valence-electron chi connectivity index (χ4n) is 1.67. The second-order valence-electron chi connectivity index (χ2n) is 4.96. The van der Waals surface area contributed by atoms with Crippen molar-refractivity contribution in [3.63, 3.8) is 0 Å². The van der Waals surface area contributed by atoms with Crippen molar-refractivity contribution in [2.75, 3.05) is 6.61 Å². The third-order valence-corrected chi connectivity index (χ3v) is 3.59. The van der Waals surface area contributed by atoms with Crippen LogP contribution in [-0.2, 0) is 12.0 Å². The zero-order chi connectivity index (χ0) is 13.2. The highest BCUT2D eigenvalue weighted by Crippen LogP contribution is 2.41. The number of rotatable bonds is 3. The van der Waals surface area contributed by atoms with E-state index in [1.165, 1.54) is 0 Å². The van der Waals surface area contributed by atoms with E-state index in [1.54, 1.807) is 0 Å². The lowest BCUT2D eigenvalue weighted by Gasteiger charge is -2.25. The van der Waals surface area contributed by atoms with Crippen LogP contribution >= 0.6 is 35.0 Å². The SMILES string of the molecule is CCOc1c(C(C)(C)C)cc(CN)c(O)c1I.Cl. The Bertz CT molecular complexity index is 416. The van der Waals surface area contributed by atoms with Gasteiger partial charge in [0.25, 0.3) is 0 Å². The van der Waals surface area contributed by atoms with E-state index < -0.39 is 0 Å². The zero-order valence-electron chi connectivity index (χ0n) is 11.2. The molecule has 0 fully saturated rings. The van der Waals surface area contributed by atoms with Crippen LogP contribution in [0.15, 0.2) is 6.07 Å². The molecule has 0 heterocycles.